The molecular weight excluding hydrogens is 230 g/mol. The molecule has 0 aliphatic heterocycles. The van der Waals surface area contributed by atoms with Crippen LogP contribution in [0, 0.1) is 5.41 Å². The van der Waals surface area contributed by atoms with Crippen molar-refractivity contribution in [3.63, 3.8) is 0 Å². The van der Waals surface area contributed by atoms with E-state index in [0.29, 0.717) is 17.3 Å². The van der Waals surface area contributed by atoms with Crippen molar-refractivity contribution in [3.05, 3.63) is 16.7 Å². The van der Waals surface area contributed by atoms with Crippen molar-refractivity contribution in [3.8, 4) is 5.75 Å². The number of hydrogen-bond donors (Lipinski definition) is 2. The molecule has 1 aromatic heterocycles. The standard InChI is InChI=1S/C13H21N3O2/c1-13(2)6-4-9(5-7-13)16-11-10(18-3)12(17)15-8-14-11/h8-9H,4-7H2,1-3H3,(H2,14,15,16,17). The molecule has 0 bridgehead atoms. The van der Waals surface area contributed by atoms with E-state index in [4.69, 9.17) is 4.74 Å². The van der Waals surface area contributed by atoms with E-state index in [0.717, 1.165) is 12.8 Å². The minimum absolute atomic E-state index is 0.244. The molecule has 5 heteroatoms. The molecule has 0 unspecified atom stereocenters. The van der Waals surface area contributed by atoms with E-state index < -0.39 is 0 Å². The zero-order valence-electron chi connectivity index (χ0n) is 11.2. The number of H-pyrrole nitrogens is 1. The van der Waals surface area contributed by atoms with Gasteiger partial charge in [0.2, 0.25) is 5.75 Å². The molecule has 2 N–H and O–H groups in total. The lowest BCUT2D eigenvalue weighted by Gasteiger charge is -2.34. The number of rotatable bonds is 3. The van der Waals surface area contributed by atoms with Crippen molar-refractivity contribution < 1.29 is 4.74 Å². The first-order chi connectivity index (χ1) is 8.52. The zero-order valence-corrected chi connectivity index (χ0v) is 11.2. The fourth-order valence-corrected chi connectivity index (χ4v) is 2.42. The van der Waals surface area contributed by atoms with E-state index in [1.807, 2.05) is 0 Å². The Morgan fingerprint density at radius 3 is 2.72 bits per heavy atom. The second-order valence-electron chi connectivity index (χ2n) is 5.70. The number of hydrogen-bond acceptors (Lipinski definition) is 4. The molecule has 1 aliphatic carbocycles. The molecule has 0 radical (unpaired) electrons. The molecule has 1 fully saturated rings. The molecule has 18 heavy (non-hydrogen) atoms. The van der Waals surface area contributed by atoms with Gasteiger partial charge in [0.15, 0.2) is 5.82 Å². The largest absolute Gasteiger partial charge is 0.489 e. The van der Waals surface area contributed by atoms with Crippen LogP contribution in [0.4, 0.5) is 5.82 Å². The van der Waals surface area contributed by atoms with Crippen LogP contribution in [0.5, 0.6) is 5.75 Å². The van der Waals surface area contributed by atoms with E-state index >= 15 is 0 Å². The van der Waals surface area contributed by atoms with E-state index in [-0.39, 0.29) is 11.3 Å². The van der Waals surface area contributed by atoms with Gasteiger partial charge >= 0.3 is 0 Å². The summed E-state index contributed by atoms with van der Waals surface area (Å²) in [4.78, 5) is 18.2. The van der Waals surface area contributed by atoms with E-state index in [1.54, 1.807) is 0 Å². The van der Waals surface area contributed by atoms with Gasteiger partial charge < -0.3 is 15.0 Å². The van der Waals surface area contributed by atoms with Gasteiger partial charge in [-0.3, -0.25) is 4.79 Å². The minimum atomic E-state index is -0.244. The van der Waals surface area contributed by atoms with E-state index in [2.05, 4.69) is 29.1 Å². The van der Waals surface area contributed by atoms with Crippen molar-refractivity contribution in [2.24, 2.45) is 5.41 Å². The number of anilines is 1. The summed E-state index contributed by atoms with van der Waals surface area (Å²) in [7, 11) is 1.49. The maximum Gasteiger partial charge on any atom is 0.295 e. The second kappa shape index (κ2) is 5.00. The van der Waals surface area contributed by atoms with Gasteiger partial charge in [-0.2, -0.15) is 0 Å². The number of methoxy groups -OCH3 is 1. The van der Waals surface area contributed by atoms with Crippen molar-refractivity contribution in [1.82, 2.24) is 9.97 Å². The number of nitrogens with one attached hydrogen (secondary N) is 2. The lowest BCUT2D eigenvalue weighted by Crippen LogP contribution is -2.30. The highest BCUT2D eigenvalue weighted by Crippen LogP contribution is 2.36. The molecule has 100 valence electrons. The lowest BCUT2D eigenvalue weighted by atomic mass is 9.75. The molecule has 0 aromatic carbocycles. The molecule has 5 nitrogen and oxygen atoms in total. The summed E-state index contributed by atoms with van der Waals surface area (Å²) >= 11 is 0. The molecule has 0 amide bonds. The van der Waals surface area contributed by atoms with Crippen LogP contribution in [0.3, 0.4) is 0 Å². The Morgan fingerprint density at radius 2 is 2.11 bits per heavy atom. The molecule has 1 aliphatic rings. The number of aromatic nitrogens is 2. The smallest absolute Gasteiger partial charge is 0.295 e. The summed E-state index contributed by atoms with van der Waals surface area (Å²) in [5, 5.41) is 3.32. The van der Waals surface area contributed by atoms with E-state index in [1.165, 1.54) is 26.3 Å². The molecular formula is C13H21N3O2. The van der Waals surface area contributed by atoms with E-state index in [9.17, 15) is 4.79 Å². The Bertz CT molecular complexity index is 458. The van der Waals surface area contributed by atoms with Crippen molar-refractivity contribution in [2.75, 3.05) is 12.4 Å². The van der Waals surface area contributed by atoms with Crippen molar-refractivity contribution in [2.45, 2.75) is 45.6 Å². The molecule has 1 aromatic rings. The average Bonchev–Trinajstić information content (AvgIpc) is 2.32. The Balaban J connectivity index is 2.07. The number of aromatic amines is 1. The highest BCUT2D eigenvalue weighted by atomic mass is 16.5. The van der Waals surface area contributed by atoms with Gasteiger partial charge in [0.05, 0.1) is 13.4 Å². The van der Waals surface area contributed by atoms with Crippen molar-refractivity contribution >= 4 is 5.82 Å². The fourth-order valence-electron chi connectivity index (χ4n) is 2.42. The summed E-state index contributed by atoms with van der Waals surface area (Å²) in [6.07, 6.45) is 5.99. The first-order valence-electron chi connectivity index (χ1n) is 6.40. The number of nitrogens with zero attached hydrogens (tertiary/aromatic N) is 1. The first kappa shape index (κ1) is 12.9. The summed E-state index contributed by atoms with van der Waals surface area (Å²) in [5.41, 5.74) is 0.190. The Labute approximate surface area is 107 Å². The third kappa shape index (κ3) is 2.83. The molecule has 0 saturated heterocycles. The molecule has 1 heterocycles. The van der Waals surface area contributed by atoms with Crippen LogP contribution < -0.4 is 15.6 Å². The third-order valence-electron chi connectivity index (χ3n) is 3.69. The van der Waals surface area contributed by atoms with Crippen LogP contribution in [0.2, 0.25) is 0 Å². The zero-order chi connectivity index (χ0) is 13.2. The molecule has 0 spiro atoms. The van der Waals surface area contributed by atoms with Crippen molar-refractivity contribution in [1.29, 1.82) is 0 Å². The Morgan fingerprint density at radius 1 is 1.44 bits per heavy atom. The predicted octanol–water partition coefficient (Wildman–Crippen LogP) is 2.16. The SMILES string of the molecule is COc1c(NC2CCC(C)(C)CC2)nc[nH]c1=O. The maximum absolute atomic E-state index is 11.6. The van der Waals surface area contributed by atoms with Gasteiger partial charge in [-0.1, -0.05) is 13.8 Å². The predicted molar refractivity (Wildman–Crippen MR) is 71.1 cm³/mol. The average molecular weight is 251 g/mol. The Hall–Kier alpha value is -1.52. The number of ether oxygens (including phenoxy) is 1. The van der Waals surface area contributed by atoms with Crippen LogP contribution in [0.25, 0.3) is 0 Å². The highest BCUT2D eigenvalue weighted by molar-refractivity contribution is 5.48. The summed E-state index contributed by atoms with van der Waals surface area (Å²) in [6, 6.07) is 0.376. The van der Waals surface area contributed by atoms with Crippen LogP contribution in [-0.2, 0) is 0 Å². The lowest BCUT2D eigenvalue weighted by molar-refractivity contribution is 0.232. The summed E-state index contributed by atoms with van der Waals surface area (Å²) in [5.74, 6) is 0.813. The molecule has 1 saturated carbocycles. The van der Waals surface area contributed by atoms with Gasteiger partial charge in [-0.15, -0.1) is 0 Å². The summed E-state index contributed by atoms with van der Waals surface area (Å²) in [6.45, 7) is 4.60. The van der Waals surface area contributed by atoms with Gasteiger partial charge in [-0.05, 0) is 31.1 Å². The quantitative estimate of drug-likeness (QED) is 0.864. The minimum Gasteiger partial charge on any atom is -0.489 e. The molecule has 2 rings (SSSR count). The third-order valence-corrected chi connectivity index (χ3v) is 3.69. The van der Waals surface area contributed by atoms with Gasteiger partial charge in [-0.25, -0.2) is 4.98 Å². The molecule has 0 atom stereocenters. The van der Waals surface area contributed by atoms with Crippen LogP contribution >= 0.6 is 0 Å². The monoisotopic (exact) mass is 251 g/mol. The second-order valence-corrected chi connectivity index (χ2v) is 5.70. The highest BCUT2D eigenvalue weighted by Gasteiger charge is 2.27. The van der Waals surface area contributed by atoms with Crippen LogP contribution in [-0.4, -0.2) is 23.1 Å². The topological polar surface area (TPSA) is 67.0 Å². The maximum atomic E-state index is 11.6. The normalized spacial score (nSPS) is 19.5. The summed E-state index contributed by atoms with van der Waals surface area (Å²) < 4.78 is 5.09. The van der Waals surface area contributed by atoms with Gasteiger partial charge in [0.25, 0.3) is 5.56 Å². The fraction of sp³-hybridized carbons (Fsp3) is 0.692. The Kier molecular flexibility index (Phi) is 3.59. The van der Waals surface area contributed by atoms with Gasteiger partial charge in [0.1, 0.15) is 0 Å². The van der Waals surface area contributed by atoms with Gasteiger partial charge in [0, 0.05) is 6.04 Å². The van der Waals surface area contributed by atoms with Crippen LogP contribution in [0.15, 0.2) is 11.1 Å². The van der Waals surface area contributed by atoms with Crippen LogP contribution in [0.1, 0.15) is 39.5 Å². The first-order valence-corrected chi connectivity index (χ1v) is 6.40.